The van der Waals surface area contributed by atoms with Crippen LogP contribution in [0.4, 0.5) is 0 Å². The van der Waals surface area contributed by atoms with Gasteiger partial charge in [-0.3, -0.25) is 19.4 Å². The number of nitrogens with zero attached hydrogens (tertiary/aromatic N) is 3. The van der Waals surface area contributed by atoms with Crippen LogP contribution in [0.5, 0.6) is 0 Å². The minimum absolute atomic E-state index is 0.212. The molecular formula is C23H34N4O2. The summed E-state index contributed by atoms with van der Waals surface area (Å²) in [4.78, 5) is 31.2. The standard InChI is InChI=1S/C23H34N4O2/c24-22(28)19-7-5-18(6-8-19)16-25-14-9-21(10-15-25)27-13-3-4-20(17-27)23(29)26-11-1-2-12-26/h5-8,20-21H,1-4,9-17H2,(H2,24,28)/t20-/m1/s1. The van der Waals surface area contributed by atoms with Crippen molar-refractivity contribution in [1.29, 1.82) is 0 Å². The smallest absolute Gasteiger partial charge is 0.248 e. The highest BCUT2D eigenvalue weighted by molar-refractivity contribution is 5.92. The minimum atomic E-state index is -0.375. The monoisotopic (exact) mass is 398 g/mol. The van der Waals surface area contributed by atoms with Crippen molar-refractivity contribution in [2.75, 3.05) is 39.3 Å². The van der Waals surface area contributed by atoms with E-state index in [-0.39, 0.29) is 11.8 Å². The molecule has 0 saturated carbocycles. The third-order valence-corrected chi connectivity index (χ3v) is 6.94. The van der Waals surface area contributed by atoms with Gasteiger partial charge < -0.3 is 10.6 Å². The van der Waals surface area contributed by atoms with Gasteiger partial charge in [0.25, 0.3) is 0 Å². The summed E-state index contributed by atoms with van der Waals surface area (Å²) < 4.78 is 0. The lowest BCUT2D eigenvalue weighted by Gasteiger charge is -2.42. The zero-order valence-electron chi connectivity index (χ0n) is 17.4. The fourth-order valence-electron chi connectivity index (χ4n) is 5.21. The number of hydrogen-bond acceptors (Lipinski definition) is 4. The first-order valence-electron chi connectivity index (χ1n) is 11.2. The maximum Gasteiger partial charge on any atom is 0.248 e. The number of nitrogens with two attached hydrogens (primary N) is 1. The number of carbonyl (C=O) groups is 2. The average molecular weight is 399 g/mol. The molecule has 0 unspecified atom stereocenters. The second kappa shape index (κ2) is 9.26. The molecule has 2 amide bonds. The van der Waals surface area contributed by atoms with Crippen LogP contribution >= 0.6 is 0 Å². The van der Waals surface area contributed by atoms with Gasteiger partial charge in [-0.1, -0.05) is 12.1 Å². The molecule has 1 aromatic carbocycles. The van der Waals surface area contributed by atoms with E-state index in [0.717, 1.165) is 58.7 Å². The molecule has 6 heteroatoms. The predicted octanol–water partition coefficient (Wildman–Crippen LogP) is 2.08. The van der Waals surface area contributed by atoms with Crippen LogP contribution in [0.25, 0.3) is 0 Å². The summed E-state index contributed by atoms with van der Waals surface area (Å²) in [5.74, 6) is 0.244. The topological polar surface area (TPSA) is 69.9 Å². The zero-order chi connectivity index (χ0) is 20.2. The first-order chi connectivity index (χ1) is 14.1. The van der Waals surface area contributed by atoms with Crippen molar-refractivity contribution in [3.63, 3.8) is 0 Å². The molecule has 4 rings (SSSR count). The highest BCUT2D eigenvalue weighted by atomic mass is 16.2. The Hall–Kier alpha value is -1.92. The molecular weight excluding hydrogens is 364 g/mol. The molecule has 3 aliphatic rings. The van der Waals surface area contributed by atoms with E-state index >= 15 is 0 Å². The van der Waals surface area contributed by atoms with Crippen molar-refractivity contribution in [2.24, 2.45) is 11.7 Å². The zero-order valence-corrected chi connectivity index (χ0v) is 17.4. The van der Waals surface area contributed by atoms with Crippen LogP contribution in [0.3, 0.4) is 0 Å². The van der Waals surface area contributed by atoms with Crippen molar-refractivity contribution in [1.82, 2.24) is 14.7 Å². The van der Waals surface area contributed by atoms with Crippen LogP contribution in [-0.4, -0.2) is 71.8 Å². The fourth-order valence-corrected chi connectivity index (χ4v) is 5.21. The molecule has 3 fully saturated rings. The SMILES string of the molecule is NC(=O)c1ccc(CN2CCC(N3CCC[C@@H](C(=O)N4CCCC4)C3)CC2)cc1. The van der Waals surface area contributed by atoms with E-state index in [1.807, 2.05) is 24.3 Å². The molecule has 29 heavy (non-hydrogen) atoms. The maximum atomic E-state index is 12.8. The normalized spacial score (nSPS) is 24.7. The van der Waals surface area contributed by atoms with Gasteiger partial charge in [0.15, 0.2) is 0 Å². The number of primary amides is 1. The Bertz CT molecular complexity index is 706. The largest absolute Gasteiger partial charge is 0.366 e. The Labute approximate surface area is 174 Å². The number of benzene rings is 1. The van der Waals surface area contributed by atoms with E-state index in [4.69, 9.17) is 5.73 Å². The van der Waals surface area contributed by atoms with Crippen molar-refractivity contribution >= 4 is 11.8 Å². The van der Waals surface area contributed by atoms with Crippen molar-refractivity contribution < 1.29 is 9.59 Å². The third-order valence-electron chi connectivity index (χ3n) is 6.94. The van der Waals surface area contributed by atoms with Gasteiger partial charge in [-0.2, -0.15) is 0 Å². The highest BCUT2D eigenvalue weighted by Crippen LogP contribution is 2.26. The number of carbonyl (C=O) groups excluding carboxylic acids is 2. The molecule has 0 radical (unpaired) electrons. The van der Waals surface area contributed by atoms with Crippen molar-refractivity contribution in [3.05, 3.63) is 35.4 Å². The van der Waals surface area contributed by atoms with E-state index < -0.39 is 0 Å². The van der Waals surface area contributed by atoms with Gasteiger partial charge in [0.05, 0.1) is 5.92 Å². The lowest BCUT2D eigenvalue weighted by atomic mass is 9.93. The Balaban J connectivity index is 1.25. The Morgan fingerprint density at radius 3 is 2.24 bits per heavy atom. The Kier molecular flexibility index (Phi) is 6.50. The van der Waals surface area contributed by atoms with Crippen LogP contribution < -0.4 is 5.73 Å². The minimum Gasteiger partial charge on any atom is -0.366 e. The molecule has 0 bridgehead atoms. The van der Waals surface area contributed by atoms with E-state index in [2.05, 4.69) is 14.7 Å². The van der Waals surface area contributed by atoms with Gasteiger partial charge >= 0.3 is 0 Å². The van der Waals surface area contributed by atoms with Crippen LogP contribution in [0, 0.1) is 5.92 Å². The molecule has 158 valence electrons. The third kappa shape index (κ3) is 4.98. The maximum absolute atomic E-state index is 12.8. The summed E-state index contributed by atoms with van der Waals surface area (Å²) in [5, 5.41) is 0. The van der Waals surface area contributed by atoms with Crippen LogP contribution in [0.2, 0.25) is 0 Å². The first kappa shape index (κ1) is 20.4. The number of piperidine rings is 2. The second-order valence-electron chi connectivity index (χ2n) is 8.93. The van der Waals surface area contributed by atoms with E-state index in [1.165, 1.54) is 31.2 Å². The van der Waals surface area contributed by atoms with E-state index in [1.54, 1.807) is 0 Å². The number of likely N-dealkylation sites (tertiary alicyclic amines) is 3. The molecule has 3 saturated heterocycles. The molecule has 0 aliphatic carbocycles. The molecule has 1 aromatic rings. The van der Waals surface area contributed by atoms with E-state index in [0.29, 0.717) is 17.5 Å². The van der Waals surface area contributed by atoms with Gasteiger partial charge in [0.1, 0.15) is 0 Å². The van der Waals surface area contributed by atoms with Crippen molar-refractivity contribution in [3.8, 4) is 0 Å². The first-order valence-corrected chi connectivity index (χ1v) is 11.2. The predicted molar refractivity (Wildman–Crippen MR) is 113 cm³/mol. The van der Waals surface area contributed by atoms with Crippen LogP contribution in [-0.2, 0) is 11.3 Å². The van der Waals surface area contributed by atoms with Gasteiger partial charge in [0.2, 0.25) is 11.8 Å². The number of hydrogen-bond donors (Lipinski definition) is 1. The summed E-state index contributed by atoms with van der Waals surface area (Å²) in [6.07, 6.45) is 6.90. The summed E-state index contributed by atoms with van der Waals surface area (Å²) in [5.41, 5.74) is 7.11. The van der Waals surface area contributed by atoms with Gasteiger partial charge in [-0.15, -0.1) is 0 Å². The fraction of sp³-hybridized carbons (Fsp3) is 0.652. The molecule has 3 aliphatic heterocycles. The van der Waals surface area contributed by atoms with E-state index in [9.17, 15) is 9.59 Å². The molecule has 1 atom stereocenters. The molecule has 0 spiro atoms. The summed E-state index contributed by atoms with van der Waals surface area (Å²) in [7, 11) is 0. The molecule has 2 N–H and O–H groups in total. The average Bonchev–Trinajstić information content (AvgIpc) is 3.29. The Morgan fingerprint density at radius 2 is 1.59 bits per heavy atom. The van der Waals surface area contributed by atoms with Gasteiger partial charge in [0, 0.05) is 37.8 Å². The lowest BCUT2D eigenvalue weighted by Crippen LogP contribution is -2.51. The van der Waals surface area contributed by atoms with Gasteiger partial charge in [-0.25, -0.2) is 0 Å². The summed E-state index contributed by atoms with van der Waals surface area (Å²) in [6, 6.07) is 8.25. The quantitative estimate of drug-likeness (QED) is 0.825. The second-order valence-corrected chi connectivity index (χ2v) is 8.93. The summed E-state index contributed by atoms with van der Waals surface area (Å²) >= 11 is 0. The van der Waals surface area contributed by atoms with Crippen molar-refractivity contribution in [2.45, 2.75) is 51.1 Å². The van der Waals surface area contributed by atoms with Crippen LogP contribution in [0.15, 0.2) is 24.3 Å². The molecule has 3 heterocycles. The highest BCUT2D eigenvalue weighted by Gasteiger charge is 2.34. The number of rotatable bonds is 5. The Morgan fingerprint density at radius 1 is 0.897 bits per heavy atom. The number of amides is 2. The van der Waals surface area contributed by atoms with Gasteiger partial charge in [-0.05, 0) is 75.9 Å². The molecule has 0 aromatic heterocycles. The molecule has 6 nitrogen and oxygen atoms in total. The summed E-state index contributed by atoms with van der Waals surface area (Å²) in [6.45, 7) is 7.12. The van der Waals surface area contributed by atoms with Crippen LogP contribution in [0.1, 0.15) is 54.4 Å². The lowest BCUT2D eigenvalue weighted by molar-refractivity contribution is -0.136.